The number of piperidine rings is 1. The van der Waals surface area contributed by atoms with E-state index in [1.807, 2.05) is 0 Å². The predicted octanol–water partition coefficient (Wildman–Crippen LogP) is 2.22. The molecule has 1 aromatic carbocycles. The van der Waals surface area contributed by atoms with Crippen LogP contribution in [-0.4, -0.2) is 43.0 Å². The smallest absolute Gasteiger partial charge is 0.123 e. The number of rotatable bonds is 3. The maximum absolute atomic E-state index is 13.3. The Bertz CT molecular complexity index is 473. The normalized spacial score (nSPS) is 17.6. The summed E-state index contributed by atoms with van der Waals surface area (Å²) in [6, 6.07) is 7.04. The number of nitrogens with zero attached hydrogens (tertiary/aromatic N) is 3. The molecule has 0 bridgehead atoms. The van der Waals surface area contributed by atoms with Crippen LogP contribution in [0.5, 0.6) is 0 Å². The summed E-state index contributed by atoms with van der Waals surface area (Å²) in [6.45, 7) is 2.83. The molecule has 1 aromatic rings. The fraction of sp³-hybridized carbons (Fsp3) is 0.533. The molecule has 0 aliphatic carbocycles. The van der Waals surface area contributed by atoms with Crippen molar-refractivity contribution in [1.29, 1.82) is 5.26 Å². The Morgan fingerprint density at radius 3 is 2.74 bits per heavy atom. The Morgan fingerprint density at radius 1 is 1.42 bits per heavy atom. The van der Waals surface area contributed by atoms with Crippen LogP contribution in [0.3, 0.4) is 0 Å². The van der Waals surface area contributed by atoms with E-state index in [-0.39, 0.29) is 5.82 Å². The fourth-order valence-corrected chi connectivity index (χ4v) is 2.64. The van der Waals surface area contributed by atoms with Crippen molar-refractivity contribution in [2.75, 3.05) is 27.2 Å². The van der Waals surface area contributed by atoms with Crippen LogP contribution in [-0.2, 0) is 6.54 Å². The second kappa shape index (κ2) is 6.14. The molecular formula is C15H20FN3. The van der Waals surface area contributed by atoms with Gasteiger partial charge in [0.2, 0.25) is 0 Å². The Kier molecular flexibility index (Phi) is 4.52. The van der Waals surface area contributed by atoms with Crippen molar-refractivity contribution >= 4 is 0 Å². The highest BCUT2D eigenvalue weighted by Crippen LogP contribution is 2.19. The van der Waals surface area contributed by atoms with Crippen molar-refractivity contribution in [3.8, 4) is 6.07 Å². The lowest BCUT2D eigenvalue weighted by Crippen LogP contribution is -2.41. The summed E-state index contributed by atoms with van der Waals surface area (Å²) in [4.78, 5) is 4.57. The van der Waals surface area contributed by atoms with E-state index < -0.39 is 0 Å². The van der Waals surface area contributed by atoms with Crippen molar-refractivity contribution < 1.29 is 4.39 Å². The lowest BCUT2D eigenvalue weighted by Gasteiger charge is -2.35. The van der Waals surface area contributed by atoms with Crippen molar-refractivity contribution in [1.82, 2.24) is 9.80 Å². The molecular weight excluding hydrogens is 241 g/mol. The van der Waals surface area contributed by atoms with E-state index in [0.29, 0.717) is 18.2 Å². The maximum atomic E-state index is 13.3. The molecule has 1 fully saturated rings. The summed E-state index contributed by atoms with van der Waals surface area (Å²) in [6.07, 6.45) is 2.26. The Balaban J connectivity index is 2.04. The maximum Gasteiger partial charge on any atom is 0.123 e. The average Bonchev–Trinajstić information content (AvgIpc) is 2.39. The molecule has 0 N–H and O–H groups in total. The van der Waals surface area contributed by atoms with Gasteiger partial charge in [0.05, 0.1) is 11.6 Å². The monoisotopic (exact) mass is 261 g/mol. The quantitative estimate of drug-likeness (QED) is 0.836. The molecule has 1 aliphatic heterocycles. The van der Waals surface area contributed by atoms with E-state index >= 15 is 0 Å². The van der Waals surface area contributed by atoms with Crippen LogP contribution in [0.15, 0.2) is 18.2 Å². The first-order valence-corrected chi connectivity index (χ1v) is 6.67. The van der Waals surface area contributed by atoms with Gasteiger partial charge in [0.1, 0.15) is 5.82 Å². The lowest BCUT2D eigenvalue weighted by atomic mass is 10.0. The number of nitriles is 1. The third-order valence-electron chi connectivity index (χ3n) is 3.92. The number of hydrogen-bond acceptors (Lipinski definition) is 3. The summed E-state index contributed by atoms with van der Waals surface area (Å²) in [5.41, 5.74) is 1.35. The highest BCUT2D eigenvalue weighted by molar-refractivity contribution is 5.37. The Labute approximate surface area is 114 Å². The van der Waals surface area contributed by atoms with E-state index in [0.717, 1.165) is 31.5 Å². The van der Waals surface area contributed by atoms with Gasteiger partial charge in [-0.1, -0.05) is 0 Å². The van der Waals surface area contributed by atoms with Gasteiger partial charge < -0.3 is 4.90 Å². The first kappa shape index (κ1) is 14.0. The molecule has 0 saturated carbocycles. The first-order valence-electron chi connectivity index (χ1n) is 6.67. The molecule has 1 aliphatic rings. The van der Waals surface area contributed by atoms with Gasteiger partial charge in [-0.15, -0.1) is 0 Å². The fourth-order valence-electron chi connectivity index (χ4n) is 2.64. The standard InChI is InChI=1S/C15H20FN3/c1-18-7-5-15(6-8-18)19(2)11-13-9-14(16)4-3-12(13)10-17/h3-4,9,15H,5-8,11H2,1-2H3. The predicted molar refractivity (Wildman–Crippen MR) is 73.1 cm³/mol. The minimum absolute atomic E-state index is 0.272. The summed E-state index contributed by atoms with van der Waals surface area (Å²) >= 11 is 0. The van der Waals surface area contributed by atoms with Gasteiger partial charge >= 0.3 is 0 Å². The Morgan fingerprint density at radius 2 is 2.11 bits per heavy atom. The molecule has 3 nitrogen and oxygen atoms in total. The molecule has 0 spiro atoms. The summed E-state index contributed by atoms with van der Waals surface area (Å²) in [7, 11) is 4.19. The zero-order valence-corrected chi connectivity index (χ0v) is 11.6. The second-order valence-electron chi connectivity index (χ2n) is 5.36. The van der Waals surface area contributed by atoms with Crippen molar-refractivity contribution in [2.45, 2.75) is 25.4 Å². The van der Waals surface area contributed by atoms with E-state index in [9.17, 15) is 4.39 Å². The molecule has 1 saturated heterocycles. The van der Waals surface area contributed by atoms with Crippen LogP contribution < -0.4 is 0 Å². The van der Waals surface area contributed by atoms with E-state index in [4.69, 9.17) is 5.26 Å². The highest BCUT2D eigenvalue weighted by Gasteiger charge is 2.21. The molecule has 0 unspecified atom stereocenters. The van der Waals surface area contributed by atoms with Crippen molar-refractivity contribution in [3.63, 3.8) is 0 Å². The molecule has 0 amide bonds. The molecule has 102 valence electrons. The van der Waals surface area contributed by atoms with Gasteiger partial charge in [-0.05, 0) is 63.8 Å². The number of likely N-dealkylation sites (tertiary alicyclic amines) is 1. The van der Waals surface area contributed by atoms with Gasteiger partial charge in [0, 0.05) is 12.6 Å². The van der Waals surface area contributed by atoms with Gasteiger partial charge in [0.15, 0.2) is 0 Å². The minimum atomic E-state index is -0.272. The lowest BCUT2D eigenvalue weighted by molar-refractivity contribution is 0.139. The van der Waals surface area contributed by atoms with E-state index in [1.54, 1.807) is 6.07 Å². The van der Waals surface area contributed by atoms with Crippen LogP contribution in [0.25, 0.3) is 0 Å². The van der Waals surface area contributed by atoms with Gasteiger partial charge in [-0.25, -0.2) is 4.39 Å². The topological polar surface area (TPSA) is 30.3 Å². The van der Waals surface area contributed by atoms with E-state index in [1.165, 1.54) is 12.1 Å². The zero-order valence-electron chi connectivity index (χ0n) is 11.6. The third kappa shape index (κ3) is 3.52. The molecule has 19 heavy (non-hydrogen) atoms. The molecule has 4 heteroatoms. The van der Waals surface area contributed by atoms with Crippen LogP contribution in [0.1, 0.15) is 24.0 Å². The van der Waals surface area contributed by atoms with Gasteiger partial charge in [-0.2, -0.15) is 5.26 Å². The second-order valence-corrected chi connectivity index (χ2v) is 5.36. The number of hydrogen-bond donors (Lipinski definition) is 0. The largest absolute Gasteiger partial charge is 0.306 e. The van der Waals surface area contributed by atoms with Crippen LogP contribution in [0, 0.1) is 17.1 Å². The van der Waals surface area contributed by atoms with E-state index in [2.05, 4.69) is 30.0 Å². The van der Waals surface area contributed by atoms with Crippen molar-refractivity contribution in [3.05, 3.63) is 35.1 Å². The molecule has 1 heterocycles. The SMILES string of the molecule is CN1CCC(N(C)Cc2cc(F)ccc2C#N)CC1. The number of benzene rings is 1. The minimum Gasteiger partial charge on any atom is -0.306 e. The van der Waals surface area contributed by atoms with Gasteiger partial charge in [0.25, 0.3) is 0 Å². The zero-order chi connectivity index (χ0) is 13.8. The third-order valence-corrected chi connectivity index (χ3v) is 3.92. The first-order chi connectivity index (χ1) is 9.10. The molecule has 2 rings (SSSR count). The number of halogens is 1. The molecule has 0 aromatic heterocycles. The summed E-state index contributed by atoms with van der Waals surface area (Å²) < 4.78 is 13.3. The van der Waals surface area contributed by atoms with Gasteiger partial charge in [-0.3, -0.25) is 4.90 Å². The van der Waals surface area contributed by atoms with Crippen LogP contribution in [0.4, 0.5) is 4.39 Å². The van der Waals surface area contributed by atoms with Crippen LogP contribution >= 0.6 is 0 Å². The Hall–Kier alpha value is -1.44. The van der Waals surface area contributed by atoms with Crippen molar-refractivity contribution in [2.24, 2.45) is 0 Å². The average molecular weight is 261 g/mol. The highest BCUT2D eigenvalue weighted by atomic mass is 19.1. The summed E-state index contributed by atoms with van der Waals surface area (Å²) in [5, 5.41) is 9.07. The summed E-state index contributed by atoms with van der Waals surface area (Å²) in [5.74, 6) is -0.272. The van der Waals surface area contributed by atoms with Crippen LogP contribution in [0.2, 0.25) is 0 Å². The molecule has 0 radical (unpaired) electrons. The molecule has 0 atom stereocenters.